The lowest BCUT2D eigenvalue weighted by molar-refractivity contribution is -0.143. The van der Waals surface area contributed by atoms with Crippen LogP contribution in [-0.2, 0) is 9.53 Å². The smallest absolute Gasteiger partial charge is 0.306 e. The van der Waals surface area contributed by atoms with E-state index in [1.165, 1.54) is 0 Å². The van der Waals surface area contributed by atoms with Gasteiger partial charge in [-0.05, 0) is 50.7 Å². The molecular weight excluding hydrogens is 350 g/mol. The Kier molecular flexibility index (Phi) is 20.2. The molecule has 0 fully saturated rings. The van der Waals surface area contributed by atoms with Gasteiger partial charge in [-0.25, -0.2) is 0 Å². The molecule has 4 nitrogen and oxygen atoms in total. The first kappa shape index (κ1) is 25.3. The Morgan fingerprint density at radius 3 is 2.11 bits per heavy atom. The Morgan fingerprint density at radius 2 is 1.50 bits per heavy atom. The molecule has 0 bridgehead atoms. The Morgan fingerprint density at radius 1 is 0.893 bits per heavy atom. The minimum absolute atomic E-state index is 0.00832. The number of ether oxygens (including phenoxy) is 1. The lowest BCUT2D eigenvalue weighted by Crippen LogP contribution is -2.06. The Hall–Kier alpha value is -2.71. The van der Waals surface area contributed by atoms with E-state index >= 15 is 0 Å². The number of hydrogen-bond donors (Lipinski definition) is 0. The van der Waals surface area contributed by atoms with E-state index in [1.807, 2.05) is 24.3 Å². The molecule has 0 rings (SSSR count). The molecule has 0 aromatic carbocycles. The van der Waals surface area contributed by atoms with Crippen LogP contribution in [0.3, 0.4) is 0 Å². The van der Waals surface area contributed by atoms with Gasteiger partial charge in [0.25, 0.3) is 0 Å². The monoisotopic (exact) mass is 383 g/mol. The fourth-order valence-corrected chi connectivity index (χ4v) is 1.97. The minimum atomic E-state index is -0.313. The summed E-state index contributed by atoms with van der Waals surface area (Å²) in [5.41, 5.74) is 3.07. The van der Waals surface area contributed by atoms with Crippen LogP contribution in [0.25, 0.3) is 0 Å². The van der Waals surface area contributed by atoms with E-state index in [4.69, 9.17) is 4.74 Å². The average Bonchev–Trinajstić information content (AvgIpc) is 2.70. The molecule has 0 saturated carbocycles. The van der Waals surface area contributed by atoms with Crippen LogP contribution in [0.1, 0.15) is 51.9 Å². The van der Waals surface area contributed by atoms with Crippen molar-refractivity contribution in [1.29, 1.82) is 0 Å². The second kappa shape index (κ2) is 22.3. The van der Waals surface area contributed by atoms with Crippen LogP contribution in [0.15, 0.2) is 83.8 Å². The molecule has 0 aliphatic heterocycles. The summed E-state index contributed by atoms with van der Waals surface area (Å²) in [6.07, 6.45) is 30.7. The van der Waals surface area contributed by atoms with E-state index in [2.05, 4.69) is 66.4 Å². The van der Waals surface area contributed by atoms with Gasteiger partial charge in [0.15, 0.2) is 0 Å². The van der Waals surface area contributed by atoms with Crippen LogP contribution >= 0.6 is 0 Å². The molecule has 28 heavy (non-hydrogen) atoms. The van der Waals surface area contributed by atoms with E-state index in [0.29, 0.717) is 12.8 Å². The lowest BCUT2D eigenvalue weighted by atomic mass is 10.2. The molecular formula is C24H33NO3. The van der Waals surface area contributed by atoms with Crippen molar-refractivity contribution in [3.8, 4) is 0 Å². The maximum Gasteiger partial charge on any atom is 0.306 e. The van der Waals surface area contributed by atoms with Gasteiger partial charge >= 0.3 is 5.97 Å². The van der Waals surface area contributed by atoms with Gasteiger partial charge in [0.05, 0.1) is 0 Å². The third kappa shape index (κ3) is 21.3. The van der Waals surface area contributed by atoms with Crippen LogP contribution in [0, 0.1) is 4.91 Å². The summed E-state index contributed by atoms with van der Waals surface area (Å²) in [5, 5.41) is 2.62. The highest BCUT2D eigenvalue weighted by Crippen LogP contribution is 1.96. The van der Waals surface area contributed by atoms with Crippen molar-refractivity contribution in [3.05, 3.63) is 83.6 Å². The van der Waals surface area contributed by atoms with Crippen molar-refractivity contribution in [3.63, 3.8) is 0 Å². The van der Waals surface area contributed by atoms with Gasteiger partial charge in [0.1, 0.15) is 13.2 Å². The minimum Gasteiger partial charge on any atom is -0.464 e. The van der Waals surface area contributed by atoms with Gasteiger partial charge in [-0.15, -0.1) is 5.73 Å². The van der Waals surface area contributed by atoms with Crippen molar-refractivity contribution in [2.75, 3.05) is 13.2 Å². The number of allylic oxidation sites excluding steroid dienone is 11. The molecule has 0 aromatic rings. The van der Waals surface area contributed by atoms with Crippen LogP contribution in [-0.4, -0.2) is 19.1 Å². The third-order valence-corrected chi connectivity index (χ3v) is 3.38. The van der Waals surface area contributed by atoms with Crippen molar-refractivity contribution < 1.29 is 9.53 Å². The summed E-state index contributed by atoms with van der Waals surface area (Å²) in [5.74, 6) is -0.313. The summed E-state index contributed by atoms with van der Waals surface area (Å²) in [6.45, 7) is 2.21. The second-order valence-electron chi connectivity index (χ2n) is 5.81. The summed E-state index contributed by atoms with van der Waals surface area (Å²) in [7, 11) is 0. The SMILES string of the molecule is CC/C=C\C/C=C\C/C=C\C/C=C\CC=C=C/C=C\CCC(=O)OCCN=O. The van der Waals surface area contributed by atoms with E-state index in [0.717, 1.165) is 32.1 Å². The first-order chi connectivity index (χ1) is 13.8. The lowest BCUT2D eigenvalue weighted by Gasteiger charge is -1.98. The van der Waals surface area contributed by atoms with Crippen LogP contribution < -0.4 is 0 Å². The molecule has 0 aliphatic rings. The normalized spacial score (nSPS) is 11.8. The molecule has 0 heterocycles. The zero-order chi connectivity index (χ0) is 20.5. The molecule has 0 aliphatic carbocycles. The molecule has 4 heteroatoms. The first-order valence-electron chi connectivity index (χ1n) is 9.92. The molecule has 0 radical (unpaired) electrons. The van der Waals surface area contributed by atoms with Crippen LogP contribution in [0.5, 0.6) is 0 Å². The maximum atomic E-state index is 11.3. The summed E-state index contributed by atoms with van der Waals surface area (Å²) >= 11 is 0. The largest absolute Gasteiger partial charge is 0.464 e. The quantitative estimate of drug-likeness (QED) is 0.0759. The molecule has 0 amide bonds. The zero-order valence-corrected chi connectivity index (χ0v) is 17.0. The predicted molar refractivity (Wildman–Crippen MR) is 118 cm³/mol. The van der Waals surface area contributed by atoms with Gasteiger partial charge in [0.2, 0.25) is 0 Å². The zero-order valence-electron chi connectivity index (χ0n) is 17.0. The number of hydrogen-bond acceptors (Lipinski definition) is 4. The average molecular weight is 384 g/mol. The van der Waals surface area contributed by atoms with E-state index < -0.39 is 0 Å². The van der Waals surface area contributed by atoms with E-state index in [9.17, 15) is 9.70 Å². The fourth-order valence-electron chi connectivity index (χ4n) is 1.97. The fraction of sp³-hybridized carbons (Fsp3) is 0.417. The standard InChI is InChI=1S/C24H33NO3/c1-2-3-4-5-6-7-8-9-10-11-12-13-14-15-16-17-18-19-20-21-24(26)28-23-22-25-27/h3-4,6-7,9-10,12-13,15,17-19H,2,5,8,11,14,20-23H2,1H3/b4-3-,7-6-,10-9-,13-12-,19-18-. The highest BCUT2D eigenvalue weighted by Gasteiger charge is 1.99. The number of nitroso groups, excluding NO2 is 1. The summed E-state index contributed by atoms with van der Waals surface area (Å²) in [4.78, 5) is 21.1. The number of nitrogens with zero attached hydrogens (tertiary/aromatic N) is 1. The molecule has 0 unspecified atom stereocenters. The Balaban J connectivity index is 3.68. The predicted octanol–water partition coefficient (Wildman–Crippen LogP) is 6.54. The van der Waals surface area contributed by atoms with E-state index in [1.54, 1.807) is 0 Å². The molecule has 0 aromatic heterocycles. The van der Waals surface area contributed by atoms with Crippen molar-refractivity contribution in [1.82, 2.24) is 0 Å². The second-order valence-corrected chi connectivity index (χ2v) is 5.81. The number of esters is 1. The molecule has 0 spiro atoms. The number of carbonyl (C=O) groups excluding carboxylic acids is 1. The topological polar surface area (TPSA) is 55.7 Å². The van der Waals surface area contributed by atoms with Crippen molar-refractivity contribution in [2.24, 2.45) is 5.18 Å². The third-order valence-electron chi connectivity index (χ3n) is 3.38. The van der Waals surface area contributed by atoms with Gasteiger partial charge in [0, 0.05) is 6.42 Å². The van der Waals surface area contributed by atoms with Gasteiger partial charge in [-0.2, -0.15) is 4.91 Å². The number of carbonyl (C=O) groups is 1. The highest BCUT2D eigenvalue weighted by atomic mass is 16.5. The van der Waals surface area contributed by atoms with Crippen molar-refractivity contribution >= 4 is 5.97 Å². The summed E-state index contributed by atoms with van der Waals surface area (Å²) < 4.78 is 4.80. The van der Waals surface area contributed by atoms with Crippen LogP contribution in [0.4, 0.5) is 0 Å². The van der Waals surface area contributed by atoms with Crippen LogP contribution in [0.2, 0.25) is 0 Å². The van der Waals surface area contributed by atoms with Gasteiger partial charge in [-0.3, -0.25) is 4.79 Å². The van der Waals surface area contributed by atoms with Gasteiger partial charge in [-0.1, -0.05) is 72.9 Å². The highest BCUT2D eigenvalue weighted by molar-refractivity contribution is 5.69. The van der Waals surface area contributed by atoms with Crippen molar-refractivity contribution in [2.45, 2.75) is 51.9 Å². The first-order valence-corrected chi connectivity index (χ1v) is 9.92. The van der Waals surface area contributed by atoms with Gasteiger partial charge < -0.3 is 4.74 Å². The Bertz CT molecular complexity index is 603. The number of rotatable bonds is 16. The summed E-state index contributed by atoms with van der Waals surface area (Å²) in [6, 6.07) is 0. The maximum absolute atomic E-state index is 11.3. The molecule has 0 N–H and O–H groups in total. The Labute approximate surface area is 169 Å². The van der Waals surface area contributed by atoms with E-state index in [-0.39, 0.29) is 19.1 Å². The molecule has 0 saturated heterocycles. The molecule has 152 valence electrons. The molecule has 0 atom stereocenters.